The number of benzene rings is 2. The Morgan fingerprint density at radius 3 is 2.59 bits per heavy atom. The van der Waals surface area contributed by atoms with E-state index in [4.69, 9.17) is 0 Å². The number of nitro groups is 1. The fourth-order valence-corrected chi connectivity index (χ4v) is 3.62. The summed E-state index contributed by atoms with van der Waals surface area (Å²) < 4.78 is 1.55. The molecule has 8 nitrogen and oxygen atoms in total. The summed E-state index contributed by atoms with van der Waals surface area (Å²) in [6.45, 7) is 1.91. The number of carbonyl (C=O) groups is 1. The summed E-state index contributed by atoms with van der Waals surface area (Å²) in [6, 6.07) is 12.1. The van der Waals surface area contributed by atoms with Crippen LogP contribution in [0, 0.1) is 10.1 Å². The lowest BCUT2D eigenvalue weighted by atomic mass is 10.1. The summed E-state index contributed by atoms with van der Waals surface area (Å²) in [5.74, 6) is -0.380. The lowest BCUT2D eigenvalue weighted by Crippen LogP contribution is -2.30. The number of aromatic nitrogens is 2. The van der Waals surface area contributed by atoms with Gasteiger partial charge in [0.25, 0.3) is 11.6 Å². The predicted molar refractivity (Wildman–Crippen MR) is 111 cm³/mol. The maximum absolute atomic E-state index is 12.9. The molecule has 8 heteroatoms. The molecule has 148 valence electrons. The van der Waals surface area contributed by atoms with Crippen molar-refractivity contribution in [1.82, 2.24) is 9.55 Å². The highest BCUT2D eigenvalue weighted by molar-refractivity contribution is 6.06. The number of nitro benzene ring substituents is 1. The predicted octanol–water partition coefficient (Wildman–Crippen LogP) is 4.02. The summed E-state index contributed by atoms with van der Waals surface area (Å²) in [4.78, 5) is 30.1. The van der Waals surface area contributed by atoms with Gasteiger partial charge in [0.1, 0.15) is 5.69 Å². The topological polar surface area (TPSA) is 93.3 Å². The van der Waals surface area contributed by atoms with E-state index < -0.39 is 4.92 Å². The summed E-state index contributed by atoms with van der Waals surface area (Å²) in [5.41, 5.74) is 2.12. The third-order valence-corrected chi connectivity index (χ3v) is 5.07. The third-order valence-electron chi connectivity index (χ3n) is 5.07. The Balaban J connectivity index is 1.61. The first kappa shape index (κ1) is 18.7. The molecule has 1 aromatic heterocycles. The number of amides is 1. The fraction of sp³-hybridized carbons (Fsp3) is 0.238. The van der Waals surface area contributed by atoms with Crippen molar-refractivity contribution in [2.24, 2.45) is 0 Å². The highest BCUT2D eigenvalue weighted by atomic mass is 16.6. The van der Waals surface area contributed by atoms with Gasteiger partial charge in [-0.05, 0) is 43.5 Å². The second kappa shape index (κ2) is 8.14. The van der Waals surface area contributed by atoms with E-state index in [2.05, 4.69) is 15.2 Å². The summed E-state index contributed by atoms with van der Waals surface area (Å²) in [6.07, 6.45) is 8.13. The Morgan fingerprint density at radius 1 is 1.07 bits per heavy atom. The van der Waals surface area contributed by atoms with Crippen LogP contribution in [-0.4, -0.2) is 33.5 Å². The molecule has 0 atom stereocenters. The molecule has 3 aromatic rings. The van der Waals surface area contributed by atoms with Gasteiger partial charge in [0.05, 0.1) is 22.6 Å². The van der Waals surface area contributed by atoms with Crippen LogP contribution >= 0.6 is 0 Å². The van der Waals surface area contributed by atoms with E-state index in [1.54, 1.807) is 29.1 Å². The van der Waals surface area contributed by atoms with Crippen LogP contribution in [0.3, 0.4) is 0 Å². The minimum Gasteiger partial charge on any atom is -0.370 e. The van der Waals surface area contributed by atoms with Crippen LogP contribution < -0.4 is 10.2 Å². The number of nitrogens with zero attached hydrogens (tertiary/aromatic N) is 4. The average molecular weight is 391 g/mol. The van der Waals surface area contributed by atoms with Crippen molar-refractivity contribution in [1.29, 1.82) is 0 Å². The normalized spacial score (nSPS) is 13.9. The van der Waals surface area contributed by atoms with Crippen LogP contribution in [0.25, 0.3) is 5.69 Å². The molecule has 4 rings (SSSR count). The van der Waals surface area contributed by atoms with Crippen molar-refractivity contribution in [3.05, 3.63) is 76.9 Å². The Labute approximate surface area is 167 Å². The highest BCUT2D eigenvalue weighted by Gasteiger charge is 2.20. The van der Waals surface area contributed by atoms with Crippen LogP contribution in [0.5, 0.6) is 0 Å². The molecule has 0 bridgehead atoms. The van der Waals surface area contributed by atoms with Crippen molar-refractivity contribution in [2.45, 2.75) is 19.3 Å². The van der Waals surface area contributed by atoms with E-state index >= 15 is 0 Å². The molecule has 2 aromatic carbocycles. The molecule has 2 heterocycles. The lowest BCUT2D eigenvalue weighted by molar-refractivity contribution is -0.384. The van der Waals surface area contributed by atoms with E-state index in [-0.39, 0.29) is 17.2 Å². The minimum absolute atomic E-state index is 0.153. The van der Waals surface area contributed by atoms with Crippen molar-refractivity contribution in [2.75, 3.05) is 23.3 Å². The number of para-hydroxylation sites is 2. The Morgan fingerprint density at radius 2 is 1.86 bits per heavy atom. The monoisotopic (exact) mass is 391 g/mol. The zero-order valence-electron chi connectivity index (χ0n) is 15.8. The molecule has 0 unspecified atom stereocenters. The summed E-state index contributed by atoms with van der Waals surface area (Å²) >= 11 is 0. The number of carbonyl (C=O) groups excluding carboxylic acids is 1. The molecule has 0 radical (unpaired) electrons. The average Bonchev–Trinajstić information content (AvgIpc) is 3.29. The van der Waals surface area contributed by atoms with Gasteiger partial charge in [0, 0.05) is 37.1 Å². The van der Waals surface area contributed by atoms with Crippen molar-refractivity contribution < 1.29 is 9.72 Å². The van der Waals surface area contributed by atoms with Crippen LogP contribution in [0.15, 0.2) is 61.2 Å². The Hall–Kier alpha value is -3.68. The molecular weight excluding hydrogens is 370 g/mol. The van der Waals surface area contributed by atoms with Gasteiger partial charge in [-0.3, -0.25) is 14.9 Å². The van der Waals surface area contributed by atoms with E-state index in [0.29, 0.717) is 11.4 Å². The van der Waals surface area contributed by atoms with Gasteiger partial charge in [-0.25, -0.2) is 4.98 Å². The molecule has 0 spiro atoms. The van der Waals surface area contributed by atoms with E-state index in [1.165, 1.54) is 18.8 Å². The second-order valence-electron chi connectivity index (χ2n) is 6.95. The lowest BCUT2D eigenvalue weighted by Gasteiger charge is -2.30. The zero-order valence-corrected chi connectivity index (χ0v) is 15.8. The molecule has 1 aliphatic rings. The standard InChI is InChI=1S/C21H21N5O3/c27-21(23-17-6-2-3-7-18(17)24-11-4-1-5-12-24)16-8-9-19(20(14-16)26(28)29)25-13-10-22-15-25/h2-3,6-10,13-15H,1,4-5,11-12H2,(H,23,27). The second-order valence-corrected chi connectivity index (χ2v) is 6.95. The van der Waals surface area contributed by atoms with Crippen molar-refractivity contribution >= 4 is 23.0 Å². The molecule has 1 saturated heterocycles. The van der Waals surface area contributed by atoms with Crippen LogP contribution in [0.2, 0.25) is 0 Å². The van der Waals surface area contributed by atoms with E-state index in [9.17, 15) is 14.9 Å². The first-order valence-corrected chi connectivity index (χ1v) is 9.55. The quantitative estimate of drug-likeness (QED) is 0.524. The Kier molecular flexibility index (Phi) is 5.24. The first-order chi connectivity index (χ1) is 14.1. The number of hydrogen-bond acceptors (Lipinski definition) is 5. The largest absolute Gasteiger partial charge is 0.370 e. The van der Waals surface area contributed by atoms with Crippen molar-refractivity contribution in [3.63, 3.8) is 0 Å². The Bertz CT molecular complexity index is 1030. The highest BCUT2D eigenvalue weighted by Crippen LogP contribution is 2.29. The first-order valence-electron chi connectivity index (χ1n) is 9.55. The molecule has 1 fully saturated rings. The molecule has 1 N–H and O–H groups in total. The summed E-state index contributed by atoms with van der Waals surface area (Å²) in [7, 11) is 0. The van der Waals surface area contributed by atoms with Gasteiger partial charge >= 0.3 is 0 Å². The fourth-order valence-electron chi connectivity index (χ4n) is 3.62. The molecule has 0 aliphatic carbocycles. The maximum atomic E-state index is 12.9. The zero-order chi connectivity index (χ0) is 20.2. The molecule has 0 saturated carbocycles. The van der Waals surface area contributed by atoms with Crippen LogP contribution in [0.1, 0.15) is 29.6 Å². The van der Waals surface area contributed by atoms with E-state index in [0.717, 1.165) is 31.6 Å². The number of nitrogens with one attached hydrogen (secondary N) is 1. The van der Waals surface area contributed by atoms with Gasteiger partial charge in [0.15, 0.2) is 0 Å². The summed E-state index contributed by atoms with van der Waals surface area (Å²) in [5, 5.41) is 14.5. The molecule has 1 amide bonds. The third kappa shape index (κ3) is 3.96. The van der Waals surface area contributed by atoms with E-state index in [1.807, 2.05) is 24.3 Å². The maximum Gasteiger partial charge on any atom is 0.294 e. The van der Waals surface area contributed by atoms with Gasteiger partial charge in [-0.1, -0.05) is 12.1 Å². The van der Waals surface area contributed by atoms with Gasteiger partial charge < -0.3 is 14.8 Å². The number of hydrogen-bond donors (Lipinski definition) is 1. The van der Waals surface area contributed by atoms with Crippen LogP contribution in [-0.2, 0) is 0 Å². The molecule has 29 heavy (non-hydrogen) atoms. The smallest absolute Gasteiger partial charge is 0.294 e. The SMILES string of the molecule is O=C(Nc1ccccc1N1CCCCC1)c1ccc(-n2ccnc2)c([N+](=O)[O-])c1. The number of imidazole rings is 1. The van der Waals surface area contributed by atoms with Crippen molar-refractivity contribution in [3.8, 4) is 5.69 Å². The number of anilines is 2. The molecular formula is C21H21N5O3. The van der Waals surface area contributed by atoms with Gasteiger partial charge in [0.2, 0.25) is 0 Å². The van der Waals surface area contributed by atoms with Gasteiger partial charge in [-0.2, -0.15) is 0 Å². The van der Waals surface area contributed by atoms with Gasteiger partial charge in [-0.15, -0.1) is 0 Å². The number of piperidine rings is 1. The number of rotatable bonds is 5. The van der Waals surface area contributed by atoms with Crippen LogP contribution in [0.4, 0.5) is 17.1 Å². The molecule has 1 aliphatic heterocycles. The minimum atomic E-state index is -0.492.